The fourth-order valence-corrected chi connectivity index (χ4v) is 2.84. The Balaban J connectivity index is 1.88. The van der Waals surface area contributed by atoms with Crippen LogP contribution in [-0.4, -0.2) is 24.3 Å². The molecule has 21 heavy (non-hydrogen) atoms. The number of furan rings is 1. The van der Waals surface area contributed by atoms with Crippen molar-refractivity contribution < 1.29 is 9.21 Å². The van der Waals surface area contributed by atoms with Crippen LogP contribution >= 0.6 is 27.5 Å². The second-order valence-corrected chi connectivity index (χ2v) is 6.37. The molecule has 0 aliphatic rings. The smallest absolute Gasteiger partial charge is 0.165 e. The average Bonchev–Trinajstić information content (AvgIpc) is 2.81. The van der Waals surface area contributed by atoms with Gasteiger partial charge < -0.3 is 4.42 Å². The van der Waals surface area contributed by atoms with Crippen LogP contribution < -0.4 is 0 Å². The first-order valence-corrected chi connectivity index (χ1v) is 7.85. The van der Waals surface area contributed by atoms with E-state index in [-0.39, 0.29) is 5.78 Å². The molecule has 0 spiro atoms. The Hall–Kier alpha value is -1.10. The molecule has 0 saturated carbocycles. The number of aryl methyl sites for hydroxylation is 1. The monoisotopic (exact) mass is 369 g/mol. The van der Waals surface area contributed by atoms with Gasteiger partial charge in [0.15, 0.2) is 5.78 Å². The van der Waals surface area contributed by atoms with Crippen LogP contribution in [0.5, 0.6) is 0 Å². The predicted octanol–water partition coefficient (Wildman–Crippen LogP) is 4.71. The van der Waals surface area contributed by atoms with Gasteiger partial charge in [0.1, 0.15) is 11.5 Å². The molecule has 1 aromatic heterocycles. The topological polar surface area (TPSA) is 33.5 Å². The number of hydrogen-bond donors (Lipinski definition) is 0. The standard InChI is InChI=1S/C16H17BrClNO2/c1-11-3-5-13(21-11)10-19(2)8-7-16(20)14-6-4-12(17)9-15(14)18/h3-6,9H,7-8,10H2,1-2H3. The molecule has 1 aromatic carbocycles. The van der Waals surface area contributed by atoms with Gasteiger partial charge >= 0.3 is 0 Å². The van der Waals surface area contributed by atoms with E-state index in [2.05, 4.69) is 20.8 Å². The number of carbonyl (C=O) groups excluding carboxylic acids is 1. The quantitative estimate of drug-likeness (QED) is 0.691. The number of Topliss-reactive ketones (excluding diaryl/α,β-unsaturated/α-hetero) is 1. The third kappa shape index (κ3) is 4.70. The molecule has 1 heterocycles. The summed E-state index contributed by atoms with van der Waals surface area (Å²) < 4.78 is 6.39. The molecule has 112 valence electrons. The van der Waals surface area contributed by atoms with Crippen molar-refractivity contribution in [3.05, 3.63) is 56.9 Å². The summed E-state index contributed by atoms with van der Waals surface area (Å²) in [5.74, 6) is 1.86. The lowest BCUT2D eigenvalue weighted by Crippen LogP contribution is -2.21. The largest absolute Gasteiger partial charge is 0.465 e. The van der Waals surface area contributed by atoms with Gasteiger partial charge in [0.05, 0.1) is 11.6 Å². The molecular weight excluding hydrogens is 354 g/mol. The van der Waals surface area contributed by atoms with Gasteiger partial charge in [-0.25, -0.2) is 0 Å². The lowest BCUT2D eigenvalue weighted by molar-refractivity contribution is 0.0966. The van der Waals surface area contributed by atoms with Crippen molar-refractivity contribution in [2.45, 2.75) is 19.9 Å². The number of carbonyl (C=O) groups is 1. The third-order valence-corrected chi connectivity index (χ3v) is 3.98. The zero-order chi connectivity index (χ0) is 15.4. The molecule has 0 unspecified atom stereocenters. The zero-order valence-corrected chi connectivity index (χ0v) is 14.4. The molecule has 2 aromatic rings. The summed E-state index contributed by atoms with van der Waals surface area (Å²) in [6.07, 6.45) is 0.428. The first-order valence-electron chi connectivity index (χ1n) is 6.68. The van der Waals surface area contributed by atoms with Gasteiger partial charge in [-0.05, 0) is 44.3 Å². The van der Waals surface area contributed by atoms with Crippen molar-refractivity contribution in [1.29, 1.82) is 0 Å². The minimum Gasteiger partial charge on any atom is -0.465 e. The van der Waals surface area contributed by atoms with E-state index in [0.29, 0.717) is 30.1 Å². The number of benzene rings is 1. The van der Waals surface area contributed by atoms with E-state index < -0.39 is 0 Å². The molecule has 0 N–H and O–H groups in total. The van der Waals surface area contributed by atoms with E-state index in [1.54, 1.807) is 12.1 Å². The lowest BCUT2D eigenvalue weighted by Gasteiger charge is -2.14. The van der Waals surface area contributed by atoms with Crippen LogP contribution in [0.2, 0.25) is 5.02 Å². The van der Waals surface area contributed by atoms with Crippen LogP contribution in [0.15, 0.2) is 39.2 Å². The number of halogens is 2. The Kier molecular flexibility index (Phi) is 5.62. The fraction of sp³-hybridized carbons (Fsp3) is 0.312. The van der Waals surface area contributed by atoms with Crippen molar-refractivity contribution >= 4 is 33.3 Å². The molecular formula is C16H17BrClNO2. The maximum absolute atomic E-state index is 12.2. The predicted molar refractivity (Wildman–Crippen MR) is 87.9 cm³/mol. The van der Waals surface area contributed by atoms with Crippen molar-refractivity contribution in [1.82, 2.24) is 4.90 Å². The fourth-order valence-electron chi connectivity index (χ4n) is 2.06. The van der Waals surface area contributed by atoms with Crippen LogP contribution in [0.25, 0.3) is 0 Å². The molecule has 0 atom stereocenters. The molecule has 0 bridgehead atoms. The first kappa shape index (κ1) is 16.3. The maximum Gasteiger partial charge on any atom is 0.165 e. The Morgan fingerprint density at radius 1 is 1.33 bits per heavy atom. The van der Waals surface area contributed by atoms with Gasteiger partial charge in [0.2, 0.25) is 0 Å². The van der Waals surface area contributed by atoms with E-state index in [1.807, 2.05) is 32.2 Å². The second-order valence-electron chi connectivity index (χ2n) is 5.05. The van der Waals surface area contributed by atoms with E-state index in [1.165, 1.54) is 0 Å². The summed E-state index contributed by atoms with van der Waals surface area (Å²) in [5, 5.41) is 0.485. The van der Waals surface area contributed by atoms with Gasteiger partial charge in [-0.3, -0.25) is 9.69 Å². The normalized spacial score (nSPS) is 11.1. The van der Waals surface area contributed by atoms with Gasteiger partial charge in [0, 0.05) is 23.0 Å². The van der Waals surface area contributed by atoms with Gasteiger partial charge in [0.25, 0.3) is 0 Å². The minimum absolute atomic E-state index is 0.0509. The number of hydrogen-bond acceptors (Lipinski definition) is 3. The molecule has 0 aliphatic carbocycles. The summed E-state index contributed by atoms with van der Waals surface area (Å²) in [4.78, 5) is 14.2. The zero-order valence-electron chi connectivity index (χ0n) is 12.0. The molecule has 0 saturated heterocycles. The molecule has 5 heteroatoms. The first-order chi connectivity index (χ1) is 9.95. The van der Waals surface area contributed by atoms with Crippen LogP contribution in [0.4, 0.5) is 0 Å². The van der Waals surface area contributed by atoms with Crippen LogP contribution in [0.3, 0.4) is 0 Å². The Morgan fingerprint density at radius 2 is 2.10 bits per heavy atom. The molecule has 2 rings (SSSR count). The van der Waals surface area contributed by atoms with Crippen molar-refractivity contribution in [3.8, 4) is 0 Å². The lowest BCUT2D eigenvalue weighted by atomic mass is 10.1. The van der Waals surface area contributed by atoms with Gasteiger partial charge in [-0.2, -0.15) is 0 Å². The van der Waals surface area contributed by atoms with Crippen molar-refractivity contribution in [2.75, 3.05) is 13.6 Å². The van der Waals surface area contributed by atoms with Gasteiger partial charge in [-0.15, -0.1) is 0 Å². The summed E-state index contributed by atoms with van der Waals surface area (Å²) in [5.41, 5.74) is 0.571. The van der Waals surface area contributed by atoms with E-state index in [9.17, 15) is 4.79 Å². The van der Waals surface area contributed by atoms with E-state index in [4.69, 9.17) is 16.0 Å². The molecule has 0 amide bonds. The van der Waals surface area contributed by atoms with Crippen LogP contribution in [0.1, 0.15) is 28.3 Å². The maximum atomic E-state index is 12.2. The summed E-state index contributed by atoms with van der Waals surface area (Å²) >= 11 is 9.43. The molecule has 0 radical (unpaired) electrons. The Labute approximate surface area is 138 Å². The molecule has 0 aliphatic heterocycles. The summed E-state index contributed by atoms with van der Waals surface area (Å²) in [6, 6.07) is 9.22. The third-order valence-electron chi connectivity index (χ3n) is 3.17. The number of ketones is 1. The van der Waals surface area contributed by atoms with Crippen LogP contribution in [0, 0.1) is 6.92 Å². The average molecular weight is 371 g/mol. The van der Waals surface area contributed by atoms with E-state index in [0.717, 1.165) is 16.0 Å². The minimum atomic E-state index is 0.0509. The molecule has 3 nitrogen and oxygen atoms in total. The number of nitrogens with zero attached hydrogens (tertiary/aromatic N) is 1. The van der Waals surface area contributed by atoms with Crippen LogP contribution in [-0.2, 0) is 6.54 Å². The second kappa shape index (κ2) is 7.25. The highest BCUT2D eigenvalue weighted by Crippen LogP contribution is 2.22. The number of rotatable bonds is 6. The Morgan fingerprint density at radius 3 is 2.71 bits per heavy atom. The van der Waals surface area contributed by atoms with Crippen molar-refractivity contribution in [3.63, 3.8) is 0 Å². The Bertz CT molecular complexity index is 639. The highest BCUT2D eigenvalue weighted by molar-refractivity contribution is 9.10. The van der Waals surface area contributed by atoms with Crippen molar-refractivity contribution in [2.24, 2.45) is 0 Å². The summed E-state index contributed by atoms with van der Waals surface area (Å²) in [7, 11) is 1.97. The molecule has 0 fully saturated rings. The van der Waals surface area contributed by atoms with Gasteiger partial charge in [-0.1, -0.05) is 27.5 Å². The highest BCUT2D eigenvalue weighted by Gasteiger charge is 2.12. The highest BCUT2D eigenvalue weighted by atomic mass is 79.9. The SMILES string of the molecule is Cc1ccc(CN(C)CCC(=O)c2ccc(Br)cc2Cl)o1. The van der Waals surface area contributed by atoms with E-state index >= 15 is 0 Å². The summed E-state index contributed by atoms with van der Waals surface area (Å²) in [6.45, 7) is 3.27.